The van der Waals surface area contributed by atoms with Gasteiger partial charge in [-0.3, -0.25) is 9.59 Å². The first-order valence-corrected chi connectivity index (χ1v) is 11.8. The van der Waals surface area contributed by atoms with Gasteiger partial charge in [0, 0.05) is 5.56 Å². The van der Waals surface area contributed by atoms with Crippen LogP contribution in [0.4, 0.5) is 0 Å². The molecule has 5 heteroatoms. The molecule has 1 saturated carbocycles. The predicted molar refractivity (Wildman–Crippen MR) is 133 cm³/mol. The van der Waals surface area contributed by atoms with E-state index in [0.29, 0.717) is 5.56 Å². The highest BCUT2D eigenvalue weighted by Gasteiger charge is 2.32. The molecule has 178 valence electrons. The second-order valence-corrected chi connectivity index (χ2v) is 9.34. The van der Waals surface area contributed by atoms with Crippen LogP contribution >= 0.6 is 0 Å². The third kappa shape index (κ3) is 4.52. The standard InChI is InChI=1S/C29H32O5/c1-29(14-6-5-7-15-29)24-18-22(12-13-25(24)32-2)20-8-9-21-17-23(11-10-19(21)16-20)26(27(30)33-3)28(31)34-4/h8-13,16-18,26H,5-7,14-15H2,1-4H3. The van der Waals surface area contributed by atoms with Crippen molar-refractivity contribution in [3.63, 3.8) is 0 Å². The topological polar surface area (TPSA) is 61.8 Å². The van der Waals surface area contributed by atoms with Crippen molar-refractivity contribution in [2.24, 2.45) is 0 Å². The summed E-state index contributed by atoms with van der Waals surface area (Å²) < 4.78 is 15.4. The minimum absolute atomic E-state index is 0.127. The number of esters is 2. The maximum Gasteiger partial charge on any atom is 0.324 e. The van der Waals surface area contributed by atoms with E-state index in [1.165, 1.54) is 51.9 Å². The molecular weight excluding hydrogens is 428 g/mol. The van der Waals surface area contributed by atoms with Crippen LogP contribution in [0.5, 0.6) is 5.75 Å². The third-order valence-electron chi connectivity index (χ3n) is 7.21. The van der Waals surface area contributed by atoms with Crippen molar-refractivity contribution in [1.82, 2.24) is 0 Å². The Morgan fingerprint density at radius 3 is 2.00 bits per heavy atom. The van der Waals surface area contributed by atoms with Gasteiger partial charge in [-0.05, 0) is 70.0 Å². The molecule has 3 aromatic rings. The Labute approximate surface area is 201 Å². The average Bonchev–Trinajstić information content (AvgIpc) is 2.88. The van der Waals surface area contributed by atoms with Gasteiger partial charge in [-0.15, -0.1) is 0 Å². The van der Waals surface area contributed by atoms with Gasteiger partial charge in [0.2, 0.25) is 0 Å². The van der Waals surface area contributed by atoms with Gasteiger partial charge >= 0.3 is 11.9 Å². The summed E-state index contributed by atoms with van der Waals surface area (Å²) in [5, 5.41) is 1.96. The minimum atomic E-state index is -1.10. The number of rotatable bonds is 6. The molecule has 0 aromatic heterocycles. The van der Waals surface area contributed by atoms with Crippen LogP contribution < -0.4 is 4.74 Å². The zero-order valence-corrected chi connectivity index (χ0v) is 20.4. The van der Waals surface area contributed by atoms with Crippen molar-refractivity contribution in [2.75, 3.05) is 21.3 Å². The first-order chi connectivity index (χ1) is 16.4. The number of hydrogen-bond donors (Lipinski definition) is 0. The Bertz CT molecular complexity index is 1190. The summed E-state index contributed by atoms with van der Waals surface area (Å²) in [5.74, 6) is -1.41. The first-order valence-electron chi connectivity index (χ1n) is 11.8. The Hall–Kier alpha value is -3.34. The summed E-state index contributed by atoms with van der Waals surface area (Å²) >= 11 is 0. The van der Waals surface area contributed by atoms with Crippen molar-refractivity contribution in [2.45, 2.75) is 50.4 Å². The van der Waals surface area contributed by atoms with Crippen molar-refractivity contribution < 1.29 is 23.8 Å². The number of ether oxygens (including phenoxy) is 3. The molecule has 1 fully saturated rings. The third-order valence-corrected chi connectivity index (χ3v) is 7.21. The fraction of sp³-hybridized carbons (Fsp3) is 0.379. The van der Waals surface area contributed by atoms with Crippen LogP contribution in [-0.2, 0) is 24.5 Å². The molecule has 0 heterocycles. The van der Waals surface area contributed by atoms with Crippen molar-refractivity contribution in [3.8, 4) is 16.9 Å². The van der Waals surface area contributed by atoms with E-state index in [0.717, 1.165) is 27.6 Å². The fourth-order valence-corrected chi connectivity index (χ4v) is 5.19. The van der Waals surface area contributed by atoms with E-state index in [9.17, 15) is 9.59 Å². The van der Waals surface area contributed by atoms with E-state index in [1.807, 2.05) is 18.2 Å². The highest BCUT2D eigenvalue weighted by atomic mass is 16.5. The lowest BCUT2D eigenvalue weighted by Gasteiger charge is -2.35. The molecule has 1 aliphatic carbocycles. The second-order valence-electron chi connectivity index (χ2n) is 9.34. The van der Waals surface area contributed by atoms with Crippen LogP contribution in [0.3, 0.4) is 0 Å². The number of hydrogen-bond acceptors (Lipinski definition) is 5. The number of methoxy groups -OCH3 is 3. The second kappa shape index (κ2) is 9.88. The van der Waals surface area contributed by atoms with Crippen molar-refractivity contribution in [3.05, 3.63) is 65.7 Å². The molecule has 34 heavy (non-hydrogen) atoms. The molecule has 1 aliphatic rings. The number of carbonyl (C=O) groups excluding carboxylic acids is 2. The quantitative estimate of drug-likeness (QED) is 0.325. The highest BCUT2D eigenvalue weighted by molar-refractivity contribution is 6.02. The molecule has 0 N–H and O–H groups in total. The summed E-state index contributed by atoms with van der Waals surface area (Å²) in [6.45, 7) is 2.36. The molecule has 0 amide bonds. The van der Waals surface area contributed by atoms with Crippen molar-refractivity contribution in [1.29, 1.82) is 0 Å². The van der Waals surface area contributed by atoms with Gasteiger partial charge in [0.1, 0.15) is 5.75 Å². The van der Waals surface area contributed by atoms with Crippen LogP contribution in [0.15, 0.2) is 54.6 Å². The Morgan fingerprint density at radius 1 is 0.765 bits per heavy atom. The van der Waals surface area contributed by atoms with Crippen LogP contribution in [0.25, 0.3) is 21.9 Å². The summed E-state index contributed by atoms with van der Waals surface area (Å²) in [5.41, 5.74) is 4.22. The maximum absolute atomic E-state index is 12.2. The molecule has 0 saturated heterocycles. The molecule has 0 aliphatic heterocycles. The lowest BCUT2D eigenvalue weighted by Crippen LogP contribution is -2.25. The van der Waals surface area contributed by atoms with Gasteiger partial charge in [-0.2, -0.15) is 0 Å². The van der Waals surface area contributed by atoms with Gasteiger partial charge < -0.3 is 14.2 Å². The zero-order chi connectivity index (χ0) is 24.3. The highest BCUT2D eigenvalue weighted by Crippen LogP contribution is 2.44. The van der Waals surface area contributed by atoms with E-state index in [4.69, 9.17) is 14.2 Å². The van der Waals surface area contributed by atoms with E-state index >= 15 is 0 Å². The van der Waals surface area contributed by atoms with Gasteiger partial charge in [0.25, 0.3) is 0 Å². The molecular formula is C29H32O5. The lowest BCUT2D eigenvalue weighted by atomic mass is 9.70. The number of fused-ring (bicyclic) bond motifs is 1. The lowest BCUT2D eigenvalue weighted by molar-refractivity contribution is -0.154. The molecule has 0 bridgehead atoms. The summed E-state index contributed by atoms with van der Waals surface area (Å²) in [4.78, 5) is 24.4. The minimum Gasteiger partial charge on any atom is -0.496 e. The predicted octanol–water partition coefficient (Wildman–Crippen LogP) is 6.17. The number of benzene rings is 3. The summed E-state index contributed by atoms with van der Waals surface area (Å²) in [7, 11) is 4.28. The molecule has 4 rings (SSSR count). The fourth-order valence-electron chi connectivity index (χ4n) is 5.19. The molecule has 0 spiro atoms. The maximum atomic E-state index is 12.2. The molecule has 0 unspecified atom stereocenters. The smallest absolute Gasteiger partial charge is 0.324 e. The Morgan fingerprint density at radius 2 is 1.35 bits per heavy atom. The average molecular weight is 461 g/mol. The van der Waals surface area contributed by atoms with Crippen LogP contribution in [0, 0.1) is 0 Å². The van der Waals surface area contributed by atoms with Crippen LogP contribution in [-0.4, -0.2) is 33.3 Å². The van der Waals surface area contributed by atoms with Gasteiger partial charge in [0.15, 0.2) is 5.92 Å². The van der Waals surface area contributed by atoms with Gasteiger partial charge in [-0.25, -0.2) is 0 Å². The van der Waals surface area contributed by atoms with Gasteiger partial charge in [0.05, 0.1) is 21.3 Å². The van der Waals surface area contributed by atoms with Crippen LogP contribution in [0.2, 0.25) is 0 Å². The monoisotopic (exact) mass is 460 g/mol. The van der Waals surface area contributed by atoms with E-state index < -0.39 is 17.9 Å². The van der Waals surface area contributed by atoms with Crippen molar-refractivity contribution >= 4 is 22.7 Å². The normalized spacial score (nSPS) is 15.2. The summed E-state index contributed by atoms with van der Waals surface area (Å²) in [6, 6.07) is 18.3. The van der Waals surface area contributed by atoms with E-state index in [2.05, 4.69) is 37.3 Å². The van der Waals surface area contributed by atoms with E-state index in [1.54, 1.807) is 13.2 Å². The Kier molecular flexibility index (Phi) is 6.92. The molecule has 3 aromatic carbocycles. The van der Waals surface area contributed by atoms with Gasteiger partial charge in [-0.1, -0.05) is 56.5 Å². The summed E-state index contributed by atoms with van der Waals surface area (Å²) in [6.07, 6.45) is 6.15. The first kappa shape index (κ1) is 23.8. The van der Waals surface area contributed by atoms with Crippen LogP contribution in [0.1, 0.15) is 56.1 Å². The molecule has 0 radical (unpaired) electrons. The largest absolute Gasteiger partial charge is 0.496 e. The molecule has 5 nitrogen and oxygen atoms in total. The SMILES string of the molecule is COC(=O)C(C(=O)OC)c1ccc2cc(-c3ccc(OC)c(C4(C)CCCCC4)c3)ccc2c1. The zero-order valence-electron chi connectivity index (χ0n) is 20.4. The molecule has 0 atom stereocenters. The Balaban J connectivity index is 1.72. The number of carbonyl (C=O) groups is 2. The van der Waals surface area contributed by atoms with E-state index in [-0.39, 0.29) is 5.41 Å².